The molecule has 2 unspecified atom stereocenters. The van der Waals surface area contributed by atoms with E-state index in [0.717, 1.165) is 38.5 Å². The standard InChI is InChI=1S/2C16H32O3.Ca/c2*1-2-3-4-5-6-7-8-9-10-11-12-13-14-15(17)16(18)19;/h2*15,17H,2-14H2,1H3,(H,18,19);/q;;+2/p-2. The van der Waals surface area contributed by atoms with Crippen molar-refractivity contribution in [2.45, 2.75) is 193 Å². The molecule has 0 saturated heterocycles. The number of hydrogen-bond acceptors (Lipinski definition) is 6. The first-order valence-electron chi connectivity index (χ1n) is 16.1. The summed E-state index contributed by atoms with van der Waals surface area (Å²) in [7, 11) is 0. The number of aliphatic carboxylic acids is 2. The Hall–Kier alpha value is 0.120. The number of carbonyl (C=O) groups excluding carboxylic acids is 2. The van der Waals surface area contributed by atoms with E-state index in [-0.39, 0.29) is 37.7 Å². The second-order valence-electron chi connectivity index (χ2n) is 11.0. The van der Waals surface area contributed by atoms with Gasteiger partial charge in [-0.05, 0) is 12.8 Å². The first-order chi connectivity index (χ1) is 18.4. The summed E-state index contributed by atoms with van der Waals surface area (Å²) in [5.74, 6) is -2.69. The van der Waals surface area contributed by atoms with Gasteiger partial charge in [-0.15, -0.1) is 0 Å². The van der Waals surface area contributed by atoms with Gasteiger partial charge in [0.2, 0.25) is 0 Å². The molecule has 39 heavy (non-hydrogen) atoms. The van der Waals surface area contributed by atoms with Gasteiger partial charge in [0, 0.05) is 0 Å². The molecular weight excluding hydrogens is 520 g/mol. The van der Waals surface area contributed by atoms with E-state index in [1.165, 1.54) is 116 Å². The average Bonchev–Trinajstić information content (AvgIpc) is 2.89. The van der Waals surface area contributed by atoms with Crippen molar-refractivity contribution in [3.8, 4) is 0 Å². The molecule has 7 heteroatoms. The Labute approximate surface area is 271 Å². The minimum atomic E-state index is -1.34. The SMILES string of the molecule is CCCCCCCCCCCCCCC(O)C(=O)[O-].CCCCCCCCCCCCCCC(O)C(=O)[O-].[Ca+2]. The van der Waals surface area contributed by atoms with E-state index in [0.29, 0.717) is 12.8 Å². The number of aliphatic hydroxyl groups excluding tert-OH is 2. The third kappa shape index (κ3) is 38.1. The Morgan fingerprint density at radius 2 is 0.615 bits per heavy atom. The Bertz CT molecular complexity index is 459. The van der Waals surface area contributed by atoms with Gasteiger partial charge in [-0.2, -0.15) is 0 Å². The van der Waals surface area contributed by atoms with Crippen molar-refractivity contribution in [1.29, 1.82) is 0 Å². The minimum absolute atomic E-state index is 0. The molecule has 0 aromatic rings. The van der Waals surface area contributed by atoms with Gasteiger partial charge in [0.25, 0.3) is 0 Å². The van der Waals surface area contributed by atoms with Crippen LogP contribution in [0.25, 0.3) is 0 Å². The fourth-order valence-corrected chi connectivity index (χ4v) is 4.59. The van der Waals surface area contributed by atoms with Gasteiger partial charge in [0.05, 0.1) is 24.1 Å². The van der Waals surface area contributed by atoms with Crippen LogP contribution in [0.1, 0.15) is 181 Å². The van der Waals surface area contributed by atoms with Crippen LogP contribution in [0.5, 0.6) is 0 Å². The van der Waals surface area contributed by atoms with Crippen LogP contribution < -0.4 is 10.2 Å². The second-order valence-corrected chi connectivity index (χ2v) is 11.0. The van der Waals surface area contributed by atoms with E-state index in [4.69, 9.17) is 10.2 Å². The summed E-state index contributed by atoms with van der Waals surface area (Å²) in [5.41, 5.74) is 0. The van der Waals surface area contributed by atoms with Crippen LogP contribution in [0.4, 0.5) is 0 Å². The van der Waals surface area contributed by atoms with E-state index < -0.39 is 24.1 Å². The molecule has 6 nitrogen and oxygen atoms in total. The minimum Gasteiger partial charge on any atom is -0.547 e. The summed E-state index contributed by atoms with van der Waals surface area (Å²) < 4.78 is 0. The van der Waals surface area contributed by atoms with E-state index in [9.17, 15) is 19.8 Å². The van der Waals surface area contributed by atoms with E-state index in [1.54, 1.807) is 0 Å². The predicted molar refractivity (Wildman–Crippen MR) is 159 cm³/mol. The van der Waals surface area contributed by atoms with Crippen LogP contribution in [0.2, 0.25) is 0 Å². The van der Waals surface area contributed by atoms with Gasteiger partial charge >= 0.3 is 37.7 Å². The van der Waals surface area contributed by atoms with Crippen LogP contribution in [-0.2, 0) is 9.59 Å². The number of carbonyl (C=O) groups is 2. The first-order valence-corrected chi connectivity index (χ1v) is 16.1. The van der Waals surface area contributed by atoms with Crippen molar-refractivity contribution < 1.29 is 30.0 Å². The monoisotopic (exact) mass is 582 g/mol. The molecule has 0 heterocycles. The van der Waals surface area contributed by atoms with E-state index in [1.807, 2.05) is 0 Å². The van der Waals surface area contributed by atoms with Gasteiger partial charge in [-0.1, -0.05) is 168 Å². The predicted octanol–water partition coefficient (Wildman–Crippen LogP) is 6.00. The van der Waals surface area contributed by atoms with Crippen molar-refractivity contribution in [1.82, 2.24) is 0 Å². The Morgan fingerprint density at radius 3 is 0.795 bits per heavy atom. The molecule has 0 radical (unpaired) electrons. The molecule has 0 saturated carbocycles. The molecule has 0 aliphatic carbocycles. The van der Waals surface area contributed by atoms with Gasteiger partial charge in [-0.3, -0.25) is 0 Å². The van der Waals surface area contributed by atoms with Crippen LogP contribution in [0.15, 0.2) is 0 Å². The maximum Gasteiger partial charge on any atom is 2.00 e. The molecule has 0 amide bonds. The number of aliphatic hydroxyl groups is 2. The van der Waals surface area contributed by atoms with Crippen molar-refractivity contribution in [3.63, 3.8) is 0 Å². The fourth-order valence-electron chi connectivity index (χ4n) is 4.59. The maximum atomic E-state index is 10.3. The van der Waals surface area contributed by atoms with Gasteiger partial charge in [0.1, 0.15) is 0 Å². The number of hydrogen-bond donors (Lipinski definition) is 2. The largest absolute Gasteiger partial charge is 2.00 e. The van der Waals surface area contributed by atoms with E-state index >= 15 is 0 Å². The van der Waals surface area contributed by atoms with Crippen molar-refractivity contribution >= 4 is 49.7 Å². The average molecular weight is 583 g/mol. The molecular formula is C32H62CaO6. The fraction of sp³-hybridized carbons (Fsp3) is 0.938. The third-order valence-corrected chi connectivity index (χ3v) is 7.21. The number of carboxylic acids is 2. The van der Waals surface area contributed by atoms with E-state index in [2.05, 4.69) is 13.8 Å². The number of rotatable bonds is 28. The zero-order valence-corrected chi connectivity index (χ0v) is 28.0. The Morgan fingerprint density at radius 1 is 0.436 bits per heavy atom. The Kier molecular flexibility index (Phi) is 40.4. The summed E-state index contributed by atoms with van der Waals surface area (Å²) in [6, 6.07) is 0. The van der Waals surface area contributed by atoms with Gasteiger partial charge < -0.3 is 30.0 Å². The summed E-state index contributed by atoms with van der Waals surface area (Å²) in [5, 5.41) is 38.6. The third-order valence-electron chi connectivity index (χ3n) is 7.21. The molecule has 0 rings (SSSR count). The van der Waals surface area contributed by atoms with Crippen LogP contribution in [0, 0.1) is 0 Å². The quantitative estimate of drug-likeness (QED) is 0.0863. The van der Waals surface area contributed by atoms with Crippen molar-refractivity contribution in [3.05, 3.63) is 0 Å². The summed E-state index contributed by atoms with van der Waals surface area (Å²) in [4.78, 5) is 20.5. The molecule has 0 aliphatic rings. The Balaban J connectivity index is -0.000000648. The number of carboxylic acid groups (broad SMARTS) is 2. The summed E-state index contributed by atoms with van der Waals surface area (Å²) in [6.45, 7) is 4.48. The van der Waals surface area contributed by atoms with Crippen molar-refractivity contribution in [2.75, 3.05) is 0 Å². The van der Waals surface area contributed by atoms with Crippen molar-refractivity contribution in [2.24, 2.45) is 0 Å². The molecule has 2 atom stereocenters. The molecule has 228 valence electrons. The zero-order valence-electron chi connectivity index (χ0n) is 25.8. The number of unbranched alkanes of at least 4 members (excludes halogenated alkanes) is 22. The molecule has 2 N–H and O–H groups in total. The van der Waals surface area contributed by atoms with Gasteiger partial charge in [-0.25, -0.2) is 0 Å². The molecule has 0 aliphatic heterocycles. The summed E-state index contributed by atoms with van der Waals surface area (Å²) in [6.07, 6.45) is 28.1. The second kappa shape index (κ2) is 36.1. The smallest absolute Gasteiger partial charge is 0.547 e. The zero-order chi connectivity index (χ0) is 28.7. The molecule has 0 aromatic carbocycles. The van der Waals surface area contributed by atoms with Gasteiger partial charge in [0.15, 0.2) is 0 Å². The topological polar surface area (TPSA) is 121 Å². The van der Waals surface area contributed by atoms with Crippen LogP contribution in [-0.4, -0.2) is 72.1 Å². The maximum absolute atomic E-state index is 10.3. The normalized spacial score (nSPS) is 12.2. The molecule has 0 fully saturated rings. The van der Waals surface area contributed by atoms with Crippen LogP contribution in [0.3, 0.4) is 0 Å². The van der Waals surface area contributed by atoms with Crippen LogP contribution >= 0.6 is 0 Å². The molecule has 0 aromatic heterocycles. The summed E-state index contributed by atoms with van der Waals surface area (Å²) >= 11 is 0. The molecule has 0 bridgehead atoms. The first kappa shape index (κ1) is 43.6. The molecule has 0 spiro atoms.